The van der Waals surface area contributed by atoms with Gasteiger partial charge in [-0.05, 0) is 41.8 Å². The molecular weight excluding hydrogens is 755 g/mol. The summed E-state index contributed by atoms with van der Waals surface area (Å²) in [5, 5.41) is 26.0. The molecule has 0 saturated heterocycles. The quantitative estimate of drug-likeness (QED) is 0.0845. The van der Waals surface area contributed by atoms with E-state index in [-0.39, 0.29) is 17.9 Å². The maximum absolute atomic E-state index is 14.2. The minimum atomic E-state index is -3.98. The van der Waals surface area contributed by atoms with Gasteiger partial charge in [0.15, 0.2) is 15.6 Å². The second-order valence-electron chi connectivity index (χ2n) is 13.8. The molecule has 4 atom stereocenters. The van der Waals surface area contributed by atoms with Crippen LogP contribution in [0.3, 0.4) is 0 Å². The van der Waals surface area contributed by atoms with Gasteiger partial charge in [-0.15, -0.1) is 0 Å². The van der Waals surface area contributed by atoms with E-state index in [1.54, 1.807) is 74.5 Å². The fourth-order valence-corrected chi connectivity index (χ4v) is 7.04. The molecule has 300 valence electrons. The summed E-state index contributed by atoms with van der Waals surface area (Å²) in [4.78, 5) is 82.5. The molecule has 0 radical (unpaired) electrons. The number of hydrogen-bond acceptors (Lipinski definition) is 10. The van der Waals surface area contributed by atoms with E-state index in [2.05, 4.69) is 15.6 Å². The molecule has 3 aromatic carbocycles. The predicted molar refractivity (Wildman–Crippen MR) is 209 cm³/mol. The van der Waals surface area contributed by atoms with Crippen LogP contribution < -0.4 is 10.6 Å². The topological polar surface area (TPSA) is 223 Å². The van der Waals surface area contributed by atoms with Crippen molar-refractivity contribution in [1.82, 2.24) is 15.6 Å². The molecule has 0 spiro atoms. The Bertz CT molecular complexity index is 2190. The minimum Gasteiger partial charge on any atom is -0.481 e. The van der Waals surface area contributed by atoms with Crippen LogP contribution in [0.2, 0.25) is 0 Å². The summed E-state index contributed by atoms with van der Waals surface area (Å²) in [7, 11) is -3.98. The maximum atomic E-state index is 14.2. The highest BCUT2D eigenvalue weighted by Crippen LogP contribution is 2.21. The van der Waals surface area contributed by atoms with Gasteiger partial charge in [-0.2, -0.15) is 0 Å². The Hall–Kier alpha value is -6.22. The van der Waals surface area contributed by atoms with Crippen molar-refractivity contribution in [3.63, 3.8) is 0 Å². The van der Waals surface area contributed by atoms with E-state index in [4.69, 9.17) is 4.74 Å². The Balaban J connectivity index is 1.56. The number of ketones is 1. The van der Waals surface area contributed by atoms with Gasteiger partial charge >= 0.3 is 17.9 Å². The number of nitrogens with zero attached hydrogens (tertiary/aromatic N) is 1. The summed E-state index contributed by atoms with van der Waals surface area (Å²) < 4.78 is 31.0. The Morgan fingerprint density at radius 3 is 2.02 bits per heavy atom. The van der Waals surface area contributed by atoms with Gasteiger partial charge in [0.25, 0.3) is 0 Å². The zero-order chi connectivity index (χ0) is 41.5. The van der Waals surface area contributed by atoms with Gasteiger partial charge < -0.3 is 25.6 Å². The highest BCUT2D eigenvalue weighted by molar-refractivity contribution is 7.94. The van der Waals surface area contributed by atoms with Crippen molar-refractivity contribution >= 4 is 56.2 Å². The molecule has 0 aliphatic rings. The van der Waals surface area contributed by atoms with E-state index in [0.717, 1.165) is 16.9 Å². The van der Waals surface area contributed by atoms with Gasteiger partial charge in [0, 0.05) is 35.2 Å². The number of rotatable bonds is 21. The summed E-state index contributed by atoms with van der Waals surface area (Å²) in [6.45, 7) is 3.24. The predicted octanol–water partition coefficient (Wildman–Crippen LogP) is 4.67. The molecular formula is C42H45N3O11S. The SMILES string of the molecule is CC(C)[C@H](CC(=O)[C@H](Cc1ccc2ccccc2n1)NC(=O)[C@H](CC(=O)O)CC(=O)OCc1ccccc1)C(=O)N[C@H](/C=C/S(=O)(=O)c1ccccc1)CC(=O)O. The van der Waals surface area contributed by atoms with Gasteiger partial charge in [-0.25, -0.2) is 8.42 Å². The number of pyridine rings is 1. The Morgan fingerprint density at radius 2 is 1.37 bits per heavy atom. The number of amides is 2. The van der Waals surface area contributed by atoms with E-state index < -0.39 is 101 Å². The molecule has 2 amide bonds. The molecule has 0 unspecified atom stereocenters. The van der Waals surface area contributed by atoms with Crippen LogP contribution in [0.1, 0.15) is 50.8 Å². The molecule has 4 N–H and O–H groups in total. The molecule has 1 aromatic heterocycles. The lowest BCUT2D eigenvalue weighted by molar-refractivity contribution is -0.150. The van der Waals surface area contributed by atoms with Crippen molar-refractivity contribution in [1.29, 1.82) is 0 Å². The van der Waals surface area contributed by atoms with Gasteiger partial charge in [0.05, 0.1) is 47.7 Å². The molecule has 4 aromatic rings. The molecule has 0 aliphatic heterocycles. The molecule has 15 heteroatoms. The molecule has 0 aliphatic carbocycles. The molecule has 4 rings (SSSR count). The number of fused-ring (bicyclic) bond motifs is 1. The molecule has 1 heterocycles. The monoisotopic (exact) mass is 799 g/mol. The van der Waals surface area contributed by atoms with Crippen LogP contribution in [-0.2, 0) is 56.4 Å². The number of nitrogens with one attached hydrogen (secondary N) is 2. The first-order valence-electron chi connectivity index (χ1n) is 18.2. The van der Waals surface area contributed by atoms with Gasteiger partial charge in [-0.3, -0.25) is 33.8 Å². The summed E-state index contributed by atoms with van der Waals surface area (Å²) in [6.07, 6.45) is -1.52. The lowest BCUT2D eigenvalue weighted by Crippen LogP contribution is -2.48. The zero-order valence-corrected chi connectivity index (χ0v) is 32.3. The lowest BCUT2D eigenvalue weighted by atomic mass is 9.86. The van der Waals surface area contributed by atoms with Crippen molar-refractivity contribution in [2.24, 2.45) is 17.8 Å². The number of benzene rings is 3. The van der Waals surface area contributed by atoms with Gasteiger partial charge in [0.2, 0.25) is 11.8 Å². The Labute approximate surface area is 330 Å². The number of Topliss-reactive ketones (excluding diaryl/α,β-unsaturated/α-hetero) is 1. The highest BCUT2D eigenvalue weighted by Gasteiger charge is 2.34. The number of para-hydroxylation sites is 1. The number of ether oxygens (including phenoxy) is 1. The van der Waals surface area contributed by atoms with Crippen LogP contribution in [0.5, 0.6) is 0 Å². The average molecular weight is 800 g/mol. The third kappa shape index (κ3) is 13.8. The van der Waals surface area contributed by atoms with Gasteiger partial charge in [-0.1, -0.05) is 86.6 Å². The molecule has 0 fully saturated rings. The summed E-state index contributed by atoms with van der Waals surface area (Å²) in [5.41, 5.74) is 1.70. The van der Waals surface area contributed by atoms with Crippen molar-refractivity contribution in [3.05, 3.63) is 120 Å². The molecule has 0 saturated carbocycles. The summed E-state index contributed by atoms with van der Waals surface area (Å²) >= 11 is 0. The molecule has 57 heavy (non-hydrogen) atoms. The third-order valence-electron chi connectivity index (χ3n) is 9.07. The van der Waals surface area contributed by atoms with Crippen LogP contribution in [0.25, 0.3) is 10.9 Å². The van der Waals surface area contributed by atoms with Crippen LogP contribution in [0.4, 0.5) is 0 Å². The van der Waals surface area contributed by atoms with Crippen molar-refractivity contribution in [2.75, 3.05) is 0 Å². The zero-order valence-electron chi connectivity index (χ0n) is 31.4. The fourth-order valence-electron chi connectivity index (χ4n) is 5.95. The van der Waals surface area contributed by atoms with Gasteiger partial charge in [0.1, 0.15) is 6.61 Å². The first kappa shape index (κ1) is 43.5. The lowest BCUT2D eigenvalue weighted by Gasteiger charge is -2.26. The number of hydrogen-bond donors (Lipinski definition) is 4. The van der Waals surface area contributed by atoms with E-state index >= 15 is 0 Å². The number of carbonyl (C=O) groups excluding carboxylic acids is 4. The Morgan fingerprint density at radius 1 is 0.737 bits per heavy atom. The van der Waals surface area contributed by atoms with Crippen molar-refractivity contribution in [3.8, 4) is 0 Å². The number of carboxylic acids is 2. The minimum absolute atomic E-state index is 0.0315. The number of aromatic nitrogens is 1. The first-order chi connectivity index (χ1) is 27.1. The van der Waals surface area contributed by atoms with Crippen LogP contribution in [0.15, 0.2) is 113 Å². The number of sulfone groups is 1. The van der Waals surface area contributed by atoms with Crippen LogP contribution in [0, 0.1) is 17.8 Å². The van der Waals surface area contributed by atoms with Crippen LogP contribution >= 0.6 is 0 Å². The molecule has 14 nitrogen and oxygen atoms in total. The fraction of sp³-hybridized carbons (Fsp3) is 0.310. The smallest absolute Gasteiger partial charge is 0.306 e. The number of carbonyl (C=O) groups is 6. The largest absolute Gasteiger partial charge is 0.481 e. The first-order valence-corrected chi connectivity index (χ1v) is 19.8. The third-order valence-corrected chi connectivity index (χ3v) is 10.5. The standard InChI is InChI=1S/C42H45N3O11S/c1-27(2)34(42(53)44-32(24-39(49)50)19-20-57(54,55)33-14-7-4-8-15-33)25-37(46)36(23-31-18-17-29-13-9-10-16-35(29)43-31)45-41(52)30(21-38(47)48)22-40(51)56-26-28-11-5-3-6-12-28/h3-20,27,30,32,34,36H,21-26H2,1-2H3,(H,44,53)(H,45,52)(H,47,48)(H,49,50)/b20-19+/t30-,32-,34+,36+/m1/s1. The second-order valence-corrected chi connectivity index (χ2v) is 15.7. The van der Waals surface area contributed by atoms with E-state index in [1.165, 1.54) is 24.3 Å². The van der Waals surface area contributed by atoms with Crippen molar-refractivity contribution in [2.45, 2.75) is 69.5 Å². The number of aliphatic carboxylic acids is 2. The number of esters is 1. The van der Waals surface area contributed by atoms with E-state index in [9.17, 15) is 47.4 Å². The number of carboxylic acid groups (broad SMARTS) is 2. The Kier molecular flexibility index (Phi) is 15.7. The maximum Gasteiger partial charge on any atom is 0.306 e. The average Bonchev–Trinajstić information content (AvgIpc) is 3.17. The van der Waals surface area contributed by atoms with Crippen LogP contribution in [-0.4, -0.2) is 71.2 Å². The highest BCUT2D eigenvalue weighted by atomic mass is 32.2. The summed E-state index contributed by atoms with van der Waals surface area (Å²) in [6, 6.07) is 24.3. The normalized spacial score (nSPS) is 13.7. The van der Waals surface area contributed by atoms with E-state index in [0.29, 0.717) is 16.8 Å². The van der Waals surface area contributed by atoms with Crippen molar-refractivity contribution < 1.29 is 52.1 Å². The second kappa shape index (κ2) is 20.6. The van der Waals surface area contributed by atoms with E-state index in [1.807, 2.05) is 12.1 Å². The molecule has 0 bridgehead atoms. The summed E-state index contributed by atoms with van der Waals surface area (Å²) in [5.74, 6) is -8.72.